The monoisotopic (exact) mass is 566 g/mol. The number of aliphatic hydroxyl groups is 1. The van der Waals surface area contributed by atoms with E-state index in [1.807, 2.05) is 0 Å². The second kappa shape index (κ2) is 9.49. The minimum absolute atomic E-state index is 0.00711. The van der Waals surface area contributed by atoms with Crippen LogP contribution in [0.4, 0.5) is 45.2 Å². The Balaban J connectivity index is 1.74. The summed E-state index contributed by atoms with van der Waals surface area (Å²) < 4.78 is 120. The van der Waals surface area contributed by atoms with E-state index >= 15 is 0 Å². The number of hydrogen-bond acceptors (Lipinski definition) is 3. The minimum Gasteiger partial charge on any atom is -0.369 e. The highest BCUT2D eigenvalue weighted by atomic mass is 35.5. The van der Waals surface area contributed by atoms with Crippen molar-refractivity contribution >= 4 is 23.0 Å². The molecule has 0 spiro atoms. The molecule has 3 aromatic rings. The van der Waals surface area contributed by atoms with Gasteiger partial charge in [-0.3, -0.25) is 5.01 Å². The van der Waals surface area contributed by atoms with E-state index in [9.17, 15) is 44.6 Å². The van der Waals surface area contributed by atoms with Gasteiger partial charge in [0.05, 0.1) is 28.0 Å². The van der Waals surface area contributed by atoms with E-state index in [0.29, 0.717) is 11.1 Å². The number of hydrazone groups is 1. The van der Waals surface area contributed by atoms with Crippen molar-refractivity contribution in [2.24, 2.45) is 5.10 Å². The van der Waals surface area contributed by atoms with E-state index < -0.39 is 47.9 Å². The first kappa shape index (κ1) is 27.8. The van der Waals surface area contributed by atoms with Crippen LogP contribution in [0.5, 0.6) is 0 Å². The highest BCUT2D eigenvalue weighted by Gasteiger charge is 2.74. The molecule has 4 rings (SSSR count). The summed E-state index contributed by atoms with van der Waals surface area (Å²) >= 11 is 6.15. The average Bonchev–Trinajstić information content (AvgIpc) is 3.27. The predicted molar refractivity (Wildman–Crippen MR) is 123 cm³/mol. The standard InChI is InChI=1S/C25H16ClF9N2O/c26-18-3-1-2-4-19(18)37-20(13-21(36-37)22(38,24(30,31)32)25(33,34)35)16-7-5-14(6-8-16)15-9-11-17(12-10-15)23(27,28)29/h1-12,20,38H,13H2. The largest absolute Gasteiger partial charge is 0.431 e. The van der Waals surface area contributed by atoms with Gasteiger partial charge in [-0.15, -0.1) is 0 Å². The summed E-state index contributed by atoms with van der Waals surface area (Å²) in [5.74, 6) is 0. The lowest BCUT2D eigenvalue weighted by molar-refractivity contribution is -0.338. The summed E-state index contributed by atoms with van der Waals surface area (Å²) in [5, 5.41) is 14.4. The van der Waals surface area contributed by atoms with Crippen molar-refractivity contribution in [1.82, 2.24) is 0 Å². The lowest BCUT2D eigenvalue weighted by atomic mass is 9.89. The van der Waals surface area contributed by atoms with Crippen molar-refractivity contribution in [3.63, 3.8) is 0 Å². The molecule has 0 aliphatic carbocycles. The van der Waals surface area contributed by atoms with Gasteiger partial charge in [0.1, 0.15) is 0 Å². The van der Waals surface area contributed by atoms with Crippen LogP contribution >= 0.6 is 11.6 Å². The van der Waals surface area contributed by atoms with E-state index in [4.69, 9.17) is 11.6 Å². The molecule has 3 nitrogen and oxygen atoms in total. The van der Waals surface area contributed by atoms with Gasteiger partial charge >= 0.3 is 18.5 Å². The normalized spacial score (nSPS) is 17.1. The van der Waals surface area contributed by atoms with Crippen LogP contribution in [0.1, 0.15) is 23.6 Å². The van der Waals surface area contributed by atoms with Gasteiger partial charge in [0.2, 0.25) is 0 Å². The predicted octanol–water partition coefficient (Wildman–Crippen LogP) is 8.19. The summed E-state index contributed by atoms with van der Waals surface area (Å²) in [6.07, 6.45) is -17.7. The first-order valence-electron chi connectivity index (χ1n) is 10.8. The molecule has 1 aliphatic heterocycles. The zero-order valence-electron chi connectivity index (χ0n) is 18.8. The fraction of sp³-hybridized carbons (Fsp3) is 0.240. The Bertz CT molecular complexity index is 1320. The maximum Gasteiger partial charge on any atom is 0.431 e. The molecule has 1 atom stereocenters. The van der Waals surface area contributed by atoms with Gasteiger partial charge in [0.25, 0.3) is 5.60 Å². The smallest absolute Gasteiger partial charge is 0.369 e. The summed E-state index contributed by atoms with van der Waals surface area (Å²) in [7, 11) is 0. The summed E-state index contributed by atoms with van der Waals surface area (Å²) in [6.45, 7) is 0. The van der Waals surface area contributed by atoms with E-state index in [-0.39, 0.29) is 16.3 Å². The Morgan fingerprint density at radius 3 is 1.71 bits per heavy atom. The Kier molecular flexibility index (Phi) is 6.94. The maximum absolute atomic E-state index is 13.6. The molecule has 202 valence electrons. The van der Waals surface area contributed by atoms with E-state index in [1.165, 1.54) is 60.7 Å². The van der Waals surface area contributed by atoms with Gasteiger partial charge in [0.15, 0.2) is 0 Å². The molecule has 0 saturated carbocycles. The number of benzene rings is 3. The molecule has 0 saturated heterocycles. The maximum atomic E-state index is 13.6. The number of anilines is 1. The number of alkyl halides is 9. The molecule has 0 amide bonds. The van der Waals surface area contributed by atoms with Crippen LogP contribution < -0.4 is 5.01 Å². The van der Waals surface area contributed by atoms with Crippen molar-refractivity contribution < 1.29 is 44.6 Å². The minimum atomic E-state index is -6.11. The molecule has 0 aromatic heterocycles. The third-order valence-electron chi connectivity index (χ3n) is 6.09. The third kappa shape index (κ3) is 4.94. The zero-order valence-corrected chi connectivity index (χ0v) is 19.6. The van der Waals surface area contributed by atoms with Crippen LogP contribution in [0, 0.1) is 0 Å². The topological polar surface area (TPSA) is 35.8 Å². The Labute approximate surface area is 214 Å². The van der Waals surface area contributed by atoms with Crippen molar-refractivity contribution in [2.75, 3.05) is 5.01 Å². The molecule has 0 fully saturated rings. The lowest BCUT2D eigenvalue weighted by Crippen LogP contribution is -2.62. The fourth-order valence-corrected chi connectivity index (χ4v) is 4.31. The quantitative estimate of drug-likeness (QED) is 0.323. The molecule has 38 heavy (non-hydrogen) atoms. The Morgan fingerprint density at radius 1 is 0.737 bits per heavy atom. The van der Waals surface area contributed by atoms with Gasteiger partial charge < -0.3 is 5.11 Å². The molecule has 1 aliphatic rings. The van der Waals surface area contributed by atoms with E-state index in [1.54, 1.807) is 0 Å². The van der Waals surface area contributed by atoms with Crippen LogP contribution in [-0.2, 0) is 6.18 Å². The van der Waals surface area contributed by atoms with Gasteiger partial charge in [-0.2, -0.15) is 44.6 Å². The van der Waals surface area contributed by atoms with Gasteiger partial charge in [-0.05, 0) is 41.0 Å². The fourth-order valence-electron chi connectivity index (χ4n) is 4.09. The SMILES string of the molecule is OC(C1=NN(c2ccccc2Cl)C(c2ccc(-c3ccc(C(F)(F)F)cc3)cc2)C1)(C(F)(F)F)C(F)(F)F. The summed E-state index contributed by atoms with van der Waals surface area (Å²) in [5.41, 5.74) is -6.53. The first-order chi connectivity index (χ1) is 17.5. The molecule has 1 N–H and O–H groups in total. The third-order valence-corrected chi connectivity index (χ3v) is 6.41. The van der Waals surface area contributed by atoms with Crippen molar-refractivity contribution in [2.45, 2.75) is 36.6 Å². The highest BCUT2D eigenvalue weighted by molar-refractivity contribution is 6.33. The molecular formula is C25H16ClF9N2O. The zero-order chi connectivity index (χ0) is 28.1. The van der Waals surface area contributed by atoms with Gasteiger partial charge in [0, 0.05) is 6.42 Å². The Morgan fingerprint density at radius 2 is 1.24 bits per heavy atom. The lowest BCUT2D eigenvalue weighted by Gasteiger charge is -2.32. The molecule has 13 heteroatoms. The van der Waals surface area contributed by atoms with Crippen LogP contribution in [0.25, 0.3) is 11.1 Å². The van der Waals surface area contributed by atoms with E-state index in [0.717, 1.165) is 17.1 Å². The van der Waals surface area contributed by atoms with Crippen LogP contribution in [-0.4, -0.2) is 28.8 Å². The molecular weight excluding hydrogens is 551 g/mol. The van der Waals surface area contributed by atoms with Crippen LogP contribution in [0.3, 0.4) is 0 Å². The number of halogens is 10. The van der Waals surface area contributed by atoms with Gasteiger partial charge in [-0.25, -0.2) is 0 Å². The molecule has 0 radical (unpaired) electrons. The molecule has 0 bridgehead atoms. The molecule has 1 unspecified atom stereocenters. The summed E-state index contributed by atoms with van der Waals surface area (Å²) in [6, 6.07) is 14.4. The van der Waals surface area contributed by atoms with Crippen molar-refractivity contribution in [3.8, 4) is 11.1 Å². The number of para-hydroxylation sites is 1. The van der Waals surface area contributed by atoms with Crippen molar-refractivity contribution in [1.29, 1.82) is 0 Å². The molecule has 3 aromatic carbocycles. The van der Waals surface area contributed by atoms with E-state index in [2.05, 4.69) is 5.10 Å². The van der Waals surface area contributed by atoms with Crippen molar-refractivity contribution in [3.05, 3.63) is 88.9 Å². The number of nitrogens with zero attached hydrogens (tertiary/aromatic N) is 2. The second-order valence-electron chi connectivity index (χ2n) is 8.47. The first-order valence-corrected chi connectivity index (χ1v) is 11.2. The Hall–Kier alpha value is -3.25. The van der Waals surface area contributed by atoms with Crippen LogP contribution in [0.15, 0.2) is 77.9 Å². The number of hydrogen-bond donors (Lipinski definition) is 1. The van der Waals surface area contributed by atoms with Gasteiger partial charge in [-0.1, -0.05) is 60.1 Å². The molecule has 1 heterocycles. The summed E-state index contributed by atoms with van der Waals surface area (Å²) in [4.78, 5) is 0. The highest BCUT2D eigenvalue weighted by Crippen LogP contribution is 2.49. The average molecular weight is 567 g/mol. The number of rotatable bonds is 4. The van der Waals surface area contributed by atoms with Crippen LogP contribution in [0.2, 0.25) is 5.02 Å². The second-order valence-corrected chi connectivity index (χ2v) is 8.87.